The van der Waals surface area contributed by atoms with E-state index in [0.29, 0.717) is 102 Å². The molecule has 0 saturated heterocycles. The van der Waals surface area contributed by atoms with Crippen LogP contribution >= 0.6 is 46.4 Å². The summed E-state index contributed by atoms with van der Waals surface area (Å²) >= 11 is 26.3. The smallest absolute Gasteiger partial charge is 0.240 e. The zero-order valence-corrected chi connectivity index (χ0v) is 30.1. The molecule has 2 aliphatic rings. The molecule has 0 aliphatic carbocycles. The van der Waals surface area contributed by atoms with E-state index >= 15 is 0 Å². The van der Waals surface area contributed by atoms with Crippen molar-refractivity contribution >= 4 is 92.2 Å². The fraction of sp³-hybridized carbons (Fsp3) is 0.235. The number of hydrogen-bond acceptors (Lipinski definition) is 10. The van der Waals surface area contributed by atoms with Crippen LogP contribution in [0.1, 0.15) is 11.1 Å². The predicted molar refractivity (Wildman–Crippen MR) is 199 cm³/mol. The summed E-state index contributed by atoms with van der Waals surface area (Å²) in [6.07, 6.45) is 4.64. The van der Waals surface area contributed by atoms with Crippen LogP contribution in [0.25, 0.3) is 44.6 Å². The zero-order chi connectivity index (χ0) is 36.3. The molecule has 6 heterocycles. The molecule has 2 amide bonds. The van der Waals surface area contributed by atoms with E-state index in [0.717, 1.165) is 11.1 Å². The fourth-order valence-electron chi connectivity index (χ4n) is 6.76. The number of nitrogens with zero attached hydrogens (tertiary/aromatic N) is 6. The van der Waals surface area contributed by atoms with E-state index in [2.05, 4.69) is 25.6 Å². The minimum atomic E-state index is -0.527. The second kappa shape index (κ2) is 13.5. The number of benzene rings is 2. The molecule has 0 radical (unpaired) electrons. The second-order valence-corrected chi connectivity index (χ2v) is 13.8. The van der Waals surface area contributed by atoms with Gasteiger partial charge in [-0.05, 0) is 24.3 Å². The highest BCUT2D eigenvalue weighted by atomic mass is 35.5. The number of amides is 2. The number of nitrogens with two attached hydrogens (primary N) is 2. The van der Waals surface area contributed by atoms with Crippen LogP contribution in [0.2, 0.25) is 20.1 Å². The number of primary amides is 1. The van der Waals surface area contributed by atoms with Crippen molar-refractivity contribution in [3.05, 3.63) is 67.9 Å². The van der Waals surface area contributed by atoms with E-state index < -0.39 is 5.91 Å². The van der Waals surface area contributed by atoms with Crippen LogP contribution in [0.15, 0.2) is 36.7 Å². The van der Waals surface area contributed by atoms with Crippen molar-refractivity contribution in [1.29, 1.82) is 0 Å². The van der Waals surface area contributed by atoms with Crippen molar-refractivity contribution in [3.63, 3.8) is 0 Å². The summed E-state index contributed by atoms with van der Waals surface area (Å²) in [6.45, 7) is 1.29. The molecule has 2 aliphatic heterocycles. The molecular weight excluding hydrogens is 754 g/mol. The first-order chi connectivity index (χ1) is 25.1. The molecule has 0 spiro atoms. The topological polar surface area (TPSA) is 190 Å². The van der Waals surface area contributed by atoms with E-state index in [4.69, 9.17) is 72.3 Å². The standard InChI is InChI=1S/C34H28Cl4N10O4/c35-18-11-20(37)30-15(3-9-51-30)25(18)27-17-1-7-48(13-23(39)49)32(17)46-34(45-27)42-6-5-41-24(50)14-47-8-2-22-29(47)28(44-33(40)43-22)26-16-4-10-52-31(16)21(38)12-19(26)36/h1-2,7-8,11-12H,3-6,9-10,13-14H2,(H2,39,49)(H,41,50)(H2,40,43,44)(H,42,45,46). The molecule has 0 bridgehead atoms. The lowest BCUT2D eigenvalue weighted by Gasteiger charge is -2.15. The van der Waals surface area contributed by atoms with Gasteiger partial charge in [-0.15, -0.1) is 0 Å². The first kappa shape index (κ1) is 34.1. The number of hydrogen-bond donors (Lipinski definition) is 4. The number of aromatic nitrogens is 6. The molecule has 6 aromatic rings. The van der Waals surface area contributed by atoms with Gasteiger partial charge in [-0.25, -0.2) is 15.0 Å². The SMILES string of the molecule is NC(=O)Cn1ccc2c(-c3c(Cl)cc(Cl)c4c3CCO4)nc(NCCNC(=O)Cn3ccc4nc(N)nc(-c5c(Cl)cc(Cl)c6c5CCO6)c43)nc21. The first-order valence-corrected chi connectivity index (χ1v) is 17.6. The van der Waals surface area contributed by atoms with Crippen molar-refractivity contribution in [2.75, 3.05) is 37.4 Å². The number of ether oxygens (including phenoxy) is 2. The lowest BCUT2D eigenvalue weighted by molar-refractivity contribution is -0.121. The molecule has 0 unspecified atom stereocenters. The summed E-state index contributed by atoms with van der Waals surface area (Å²) in [7, 11) is 0. The van der Waals surface area contributed by atoms with Crippen LogP contribution < -0.4 is 31.6 Å². The van der Waals surface area contributed by atoms with Gasteiger partial charge in [-0.2, -0.15) is 4.98 Å². The highest BCUT2D eigenvalue weighted by Crippen LogP contribution is 2.47. The van der Waals surface area contributed by atoms with E-state index in [-0.39, 0.29) is 44.0 Å². The summed E-state index contributed by atoms with van der Waals surface area (Å²) < 4.78 is 14.9. The first-order valence-electron chi connectivity index (χ1n) is 16.1. The van der Waals surface area contributed by atoms with Crippen molar-refractivity contribution in [2.24, 2.45) is 5.73 Å². The summed E-state index contributed by atoms with van der Waals surface area (Å²) in [6, 6.07) is 6.81. The summed E-state index contributed by atoms with van der Waals surface area (Å²) in [5, 5.41) is 8.40. The molecule has 0 saturated carbocycles. The highest BCUT2D eigenvalue weighted by Gasteiger charge is 2.28. The summed E-state index contributed by atoms with van der Waals surface area (Å²) in [5.41, 5.74) is 17.2. The summed E-state index contributed by atoms with van der Waals surface area (Å²) in [4.78, 5) is 43.5. The van der Waals surface area contributed by atoms with Gasteiger partial charge in [0.15, 0.2) is 0 Å². The van der Waals surface area contributed by atoms with Gasteiger partial charge in [-0.1, -0.05) is 46.4 Å². The van der Waals surface area contributed by atoms with Gasteiger partial charge >= 0.3 is 0 Å². The predicted octanol–water partition coefficient (Wildman–Crippen LogP) is 5.29. The zero-order valence-electron chi connectivity index (χ0n) is 27.1. The Hall–Kier alpha value is -5.02. The van der Waals surface area contributed by atoms with Gasteiger partial charge in [0.1, 0.15) is 35.9 Å². The molecule has 52 heavy (non-hydrogen) atoms. The number of nitrogen functional groups attached to an aromatic ring is 1. The van der Waals surface area contributed by atoms with Crippen LogP contribution in [0.4, 0.5) is 11.9 Å². The van der Waals surface area contributed by atoms with E-state index in [1.807, 2.05) is 6.07 Å². The Balaban J connectivity index is 1.03. The normalized spacial score (nSPS) is 13.2. The lowest BCUT2D eigenvalue weighted by Crippen LogP contribution is -2.31. The Labute approximate surface area is 315 Å². The van der Waals surface area contributed by atoms with Crippen LogP contribution in [0.5, 0.6) is 11.5 Å². The Morgan fingerprint density at radius 3 is 2.12 bits per heavy atom. The maximum atomic E-state index is 13.3. The Bertz CT molecular complexity index is 2470. The van der Waals surface area contributed by atoms with Gasteiger partial charge in [0.25, 0.3) is 0 Å². The number of rotatable bonds is 10. The Kier molecular flexibility index (Phi) is 8.86. The molecule has 0 fully saturated rings. The van der Waals surface area contributed by atoms with Crippen molar-refractivity contribution < 1.29 is 19.1 Å². The van der Waals surface area contributed by atoms with Gasteiger partial charge in [0.05, 0.1) is 50.0 Å². The summed E-state index contributed by atoms with van der Waals surface area (Å²) in [5.74, 6) is 0.644. The third-order valence-corrected chi connectivity index (χ3v) is 10.0. The number of anilines is 2. The molecule has 0 atom stereocenters. The van der Waals surface area contributed by atoms with E-state index in [1.165, 1.54) is 0 Å². The van der Waals surface area contributed by atoms with Gasteiger partial charge < -0.3 is 40.7 Å². The molecule has 18 heteroatoms. The van der Waals surface area contributed by atoms with Crippen LogP contribution in [-0.2, 0) is 35.5 Å². The molecule has 8 rings (SSSR count). The van der Waals surface area contributed by atoms with Gasteiger partial charge in [-0.3, -0.25) is 9.59 Å². The minimum absolute atomic E-state index is 0.0385. The quantitative estimate of drug-likeness (QED) is 0.133. The minimum Gasteiger partial charge on any atom is -0.491 e. The van der Waals surface area contributed by atoms with Gasteiger partial charge in [0, 0.05) is 66.0 Å². The lowest BCUT2D eigenvalue weighted by atomic mass is 10.00. The third-order valence-electron chi connectivity index (χ3n) is 8.86. The van der Waals surface area contributed by atoms with Crippen molar-refractivity contribution in [2.45, 2.75) is 25.9 Å². The monoisotopic (exact) mass is 780 g/mol. The molecule has 266 valence electrons. The second-order valence-electron chi connectivity index (χ2n) is 12.2. The average Bonchev–Trinajstić information content (AvgIpc) is 3.91. The van der Waals surface area contributed by atoms with E-state index in [9.17, 15) is 9.59 Å². The van der Waals surface area contributed by atoms with Crippen molar-refractivity contribution in [1.82, 2.24) is 34.4 Å². The number of carbonyl (C=O) groups excluding carboxylic acids is 2. The molecule has 2 aromatic carbocycles. The highest BCUT2D eigenvalue weighted by molar-refractivity contribution is 6.38. The number of halogens is 4. The molecule has 4 aromatic heterocycles. The molecule has 14 nitrogen and oxygen atoms in total. The average molecular weight is 782 g/mol. The van der Waals surface area contributed by atoms with Crippen LogP contribution in [-0.4, -0.2) is 67.2 Å². The molecule has 6 N–H and O–H groups in total. The largest absolute Gasteiger partial charge is 0.491 e. The third kappa shape index (κ3) is 6.04. The van der Waals surface area contributed by atoms with E-state index in [1.54, 1.807) is 39.7 Å². The van der Waals surface area contributed by atoms with Crippen molar-refractivity contribution in [3.8, 4) is 34.0 Å². The number of carbonyl (C=O) groups is 2. The Morgan fingerprint density at radius 1 is 0.788 bits per heavy atom. The maximum absolute atomic E-state index is 13.3. The molecular formula is C34H28Cl4N10O4. The maximum Gasteiger partial charge on any atom is 0.240 e. The van der Waals surface area contributed by atoms with Crippen LogP contribution in [0.3, 0.4) is 0 Å². The van der Waals surface area contributed by atoms with Gasteiger partial charge in [0.2, 0.25) is 23.7 Å². The Morgan fingerprint density at radius 2 is 1.44 bits per heavy atom. The van der Waals surface area contributed by atoms with Crippen LogP contribution in [0, 0.1) is 0 Å². The number of nitrogens with one attached hydrogen (secondary N) is 2. The number of fused-ring (bicyclic) bond motifs is 4. The fourth-order valence-corrected chi connectivity index (χ4v) is 8.05.